The molecule has 0 radical (unpaired) electrons. The number of nitrogens with one attached hydrogen (secondary N) is 1. The molecule has 2 aromatic heterocycles. The molecule has 0 saturated heterocycles. The third-order valence-electron chi connectivity index (χ3n) is 3.08. The monoisotopic (exact) mass is 316 g/mol. The van der Waals surface area contributed by atoms with Crippen molar-refractivity contribution in [1.29, 1.82) is 0 Å². The van der Waals surface area contributed by atoms with E-state index in [-0.39, 0.29) is 0 Å². The number of anilines is 1. The number of rotatable bonds is 6. The van der Waals surface area contributed by atoms with Gasteiger partial charge in [0.1, 0.15) is 23.7 Å². The minimum Gasteiger partial charge on any atom is -0.488 e. The van der Waals surface area contributed by atoms with Crippen molar-refractivity contribution in [3.05, 3.63) is 54.4 Å². The van der Waals surface area contributed by atoms with E-state index in [9.17, 15) is 8.78 Å². The molecule has 2 heterocycles. The predicted octanol–water partition coefficient (Wildman–Crippen LogP) is 3.28. The summed E-state index contributed by atoms with van der Waals surface area (Å²) in [5, 5.41) is 3.16. The van der Waals surface area contributed by atoms with Crippen LogP contribution in [-0.4, -0.2) is 28.0 Å². The highest BCUT2D eigenvalue weighted by Gasteiger charge is 2.04. The number of fused-ring (bicyclic) bond motifs is 1. The van der Waals surface area contributed by atoms with E-state index in [1.807, 2.05) is 18.2 Å². The SMILES string of the molecule is FC(F)COc1cccc(CNc2ccc3nccnc3n2)c1. The highest BCUT2D eigenvalue weighted by molar-refractivity contribution is 5.71. The highest BCUT2D eigenvalue weighted by Crippen LogP contribution is 2.16. The molecule has 1 N–H and O–H groups in total. The summed E-state index contributed by atoms with van der Waals surface area (Å²) >= 11 is 0. The Hall–Kier alpha value is -2.83. The maximum Gasteiger partial charge on any atom is 0.272 e. The Labute approximate surface area is 131 Å². The summed E-state index contributed by atoms with van der Waals surface area (Å²) in [6.45, 7) is -0.119. The number of aromatic nitrogens is 3. The van der Waals surface area contributed by atoms with Crippen LogP contribution < -0.4 is 10.1 Å². The van der Waals surface area contributed by atoms with Crippen LogP contribution in [0.5, 0.6) is 5.75 Å². The molecule has 7 heteroatoms. The predicted molar refractivity (Wildman–Crippen MR) is 82.6 cm³/mol. The lowest BCUT2D eigenvalue weighted by Gasteiger charge is -2.09. The molecule has 0 aliphatic heterocycles. The third-order valence-corrected chi connectivity index (χ3v) is 3.08. The second-order valence-corrected chi connectivity index (χ2v) is 4.80. The van der Waals surface area contributed by atoms with Crippen LogP contribution >= 0.6 is 0 Å². The molecule has 5 nitrogen and oxygen atoms in total. The van der Waals surface area contributed by atoms with Gasteiger partial charge in [-0.2, -0.15) is 0 Å². The summed E-state index contributed by atoms with van der Waals surface area (Å²) in [5.74, 6) is 1.08. The molecule has 3 rings (SSSR count). The smallest absolute Gasteiger partial charge is 0.272 e. The van der Waals surface area contributed by atoms with Crippen LogP contribution in [0.3, 0.4) is 0 Å². The van der Waals surface area contributed by atoms with Crippen molar-refractivity contribution < 1.29 is 13.5 Å². The molecular weight excluding hydrogens is 302 g/mol. The lowest BCUT2D eigenvalue weighted by Crippen LogP contribution is -2.07. The zero-order valence-electron chi connectivity index (χ0n) is 12.1. The first-order valence-electron chi connectivity index (χ1n) is 7.02. The van der Waals surface area contributed by atoms with Gasteiger partial charge in [0.15, 0.2) is 5.65 Å². The van der Waals surface area contributed by atoms with Crippen molar-refractivity contribution in [2.75, 3.05) is 11.9 Å². The standard InChI is InChI=1S/C16H14F2N4O/c17-14(18)10-23-12-3-1-2-11(8-12)9-21-15-5-4-13-16(22-15)20-7-6-19-13/h1-8,14H,9-10H2,(H,20,21,22). The van der Waals surface area contributed by atoms with E-state index in [1.165, 1.54) is 0 Å². The zero-order chi connectivity index (χ0) is 16.1. The Kier molecular flexibility index (Phi) is 4.56. The van der Waals surface area contributed by atoms with Crippen LogP contribution in [0.25, 0.3) is 11.2 Å². The van der Waals surface area contributed by atoms with E-state index in [4.69, 9.17) is 4.74 Å². The van der Waals surface area contributed by atoms with Crippen molar-refractivity contribution in [3.8, 4) is 5.75 Å². The number of pyridine rings is 1. The summed E-state index contributed by atoms with van der Waals surface area (Å²) in [6, 6.07) is 10.7. The number of nitrogens with zero attached hydrogens (tertiary/aromatic N) is 3. The Balaban J connectivity index is 1.66. The fourth-order valence-corrected chi connectivity index (χ4v) is 2.05. The van der Waals surface area contributed by atoms with Gasteiger partial charge in [-0.15, -0.1) is 0 Å². The van der Waals surface area contributed by atoms with Crippen molar-refractivity contribution in [2.45, 2.75) is 13.0 Å². The molecule has 0 aliphatic rings. The lowest BCUT2D eigenvalue weighted by atomic mass is 10.2. The van der Waals surface area contributed by atoms with Gasteiger partial charge in [-0.3, -0.25) is 4.98 Å². The van der Waals surface area contributed by atoms with Gasteiger partial charge in [0.25, 0.3) is 6.43 Å². The van der Waals surface area contributed by atoms with Crippen molar-refractivity contribution >= 4 is 17.0 Å². The second kappa shape index (κ2) is 6.95. The molecule has 0 spiro atoms. The van der Waals surface area contributed by atoms with Gasteiger partial charge >= 0.3 is 0 Å². The van der Waals surface area contributed by atoms with E-state index < -0.39 is 13.0 Å². The van der Waals surface area contributed by atoms with Crippen LogP contribution in [0.1, 0.15) is 5.56 Å². The summed E-state index contributed by atoms with van der Waals surface area (Å²) in [6.07, 6.45) is 0.713. The number of hydrogen-bond donors (Lipinski definition) is 1. The lowest BCUT2D eigenvalue weighted by molar-refractivity contribution is 0.0818. The van der Waals surface area contributed by atoms with Gasteiger partial charge in [0.05, 0.1) is 0 Å². The first-order valence-corrected chi connectivity index (χ1v) is 7.02. The molecule has 0 atom stereocenters. The Morgan fingerprint density at radius 2 is 1.96 bits per heavy atom. The molecular formula is C16H14F2N4O. The number of ether oxygens (including phenoxy) is 1. The average molecular weight is 316 g/mol. The van der Waals surface area contributed by atoms with Gasteiger partial charge in [0, 0.05) is 18.9 Å². The normalized spacial score (nSPS) is 10.9. The Morgan fingerprint density at radius 1 is 1.09 bits per heavy atom. The first-order chi connectivity index (χ1) is 11.2. The Bertz CT molecular complexity index is 798. The minimum atomic E-state index is -2.49. The molecule has 0 amide bonds. The number of benzene rings is 1. The number of hydrogen-bond acceptors (Lipinski definition) is 5. The number of alkyl halides is 2. The van der Waals surface area contributed by atoms with Crippen LogP contribution in [-0.2, 0) is 6.54 Å². The molecule has 3 aromatic rings. The number of halogens is 2. The van der Waals surface area contributed by atoms with Gasteiger partial charge in [0.2, 0.25) is 0 Å². The third kappa shape index (κ3) is 4.09. The molecule has 0 saturated carbocycles. The maximum absolute atomic E-state index is 12.2. The second-order valence-electron chi connectivity index (χ2n) is 4.80. The van der Waals surface area contributed by atoms with Gasteiger partial charge in [-0.1, -0.05) is 12.1 Å². The fraction of sp³-hybridized carbons (Fsp3) is 0.188. The summed E-state index contributed by atoms with van der Waals surface area (Å²) in [5.41, 5.74) is 2.18. The van der Waals surface area contributed by atoms with E-state index in [0.717, 1.165) is 11.1 Å². The first kappa shape index (κ1) is 15.1. The van der Waals surface area contributed by atoms with Crippen LogP contribution in [0.4, 0.5) is 14.6 Å². The van der Waals surface area contributed by atoms with Crippen LogP contribution in [0.15, 0.2) is 48.8 Å². The quantitative estimate of drug-likeness (QED) is 0.756. The topological polar surface area (TPSA) is 59.9 Å². The largest absolute Gasteiger partial charge is 0.488 e. The van der Waals surface area contributed by atoms with Crippen molar-refractivity contribution in [2.24, 2.45) is 0 Å². The zero-order valence-corrected chi connectivity index (χ0v) is 12.1. The average Bonchev–Trinajstić information content (AvgIpc) is 2.58. The molecule has 0 unspecified atom stereocenters. The van der Waals surface area contributed by atoms with Crippen molar-refractivity contribution in [1.82, 2.24) is 15.0 Å². The van der Waals surface area contributed by atoms with Crippen LogP contribution in [0, 0.1) is 0 Å². The molecule has 0 bridgehead atoms. The summed E-state index contributed by atoms with van der Waals surface area (Å²) < 4.78 is 29.3. The van der Waals surface area contributed by atoms with Gasteiger partial charge in [-0.05, 0) is 29.8 Å². The van der Waals surface area contributed by atoms with E-state index in [0.29, 0.717) is 23.8 Å². The van der Waals surface area contributed by atoms with Crippen LogP contribution in [0.2, 0.25) is 0 Å². The fourth-order valence-electron chi connectivity index (χ4n) is 2.05. The molecule has 118 valence electrons. The minimum absolute atomic E-state index is 0.418. The maximum atomic E-state index is 12.2. The van der Waals surface area contributed by atoms with Gasteiger partial charge < -0.3 is 10.1 Å². The van der Waals surface area contributed by atoms with E-state index in [1.54, 1.807) is 30.6 Å². The summed E-state index contributed by atoms with van der Waals surface area (Å²) in [7, 11) is 0. The molecule has 0 aliphatic carbocycles. The van der Waals surface area contributed by atoms with Crippen molar-refractivity contribution in [3.63, 3.8) is 0 Å². The highest BCUT2D eigenvalue weighted by atomic mass is 19.3. The van der Waals surface area contributed by atoms with E-state index >= 15 is 0 Å². The van der Waals surface area contributed by atoms with E-state index in [2.05, 4.69) is 20.3 Å². The molecule has 23 heavy (non-hydrogen) atoms. The van der Waals surface area contributed by atoms with Gasteiger partial charge in [-0.25, -0.2) is 18.7 Å². The summed E-state index contributed by atoms with van der Waals surface area (Å²) in [4.78, 5) is 12.7. The molecule has 1 aromatic carbocycles. The molecule has 0 fully saturated rings. The Morgan fingerprint density at radius 3 is 2.83 bits per heavy atom.